The lowest BCUT2D eigenvalue weighted by molar-refractivity contribution is -0.147. The molecule has 29 heavy (non-hydrogen) atoms. The first-order valence-electron chi connectivity index (χ1n) is 8.99. The molecule has 0 spiro atoms. The Morgan fingerprint density at radius 3 is 2.66 bits per heavy atom. The van der Waals surface area contributed by atoms with Crippen molar-refractivity contribution in [2.45, 2.75) is 19.8 Å². The fourth-order valence-corrected chi connectivity index (χ4v) is 2.75. The maximum atomic E-state index is 12.1. The summed E-state index contributed by atoms with van der Waals surface area (Å²) in [6, 6.07) is 10.3. The Kier molecular flexibility index (Phi) is 6.33. The zero-order chi connectivity index (χ0) is 20.8. The zero-order valence-corrected chi connectivity index (χ0v) is 16.2. The predicted octanol–water partition coefficient (Wildman–Crippen LogP) is 2.62. The number of esters is 2. The van der Waals surface area contributed by atoms with Crippen molar-refractivity contribution >= 4 is 23.5 Å². The van der Waals surface area contributed by atoms with Crippen LogP contribution in [0.25, 0.3) is 0 Å². The van der Waals surface area contributed by atoms with E-state index in [1.54, 1.807) is 25.1 Å². The number of anilines is 1. The summed E-state index contributed by atoms with van der Waals surface area (Å²) in [6.45, 7) is 1.56. The van der Waals surface area contributed by atoms with E-state index in [1.165, 1.54) is 13.2 Å². The number of aryl methyl sites for hydroxylation is 2. The number of ether oxygens (including phenoxy) is 4. The average Bonchev–Trinajstić information content (AvgIpc) is 3.19. The average molecular weight is 399 g/mol. The summed E-state index contributed by atoms with van der Waals surface area (Å²) in [5.74, 6) is -0.154. The van der Waals surface area contributed by atoms with Gasteiger partial charge < -0.3 is 24.3 Å². The Morgan fingerprint density at radius 1 is 1.07 bits per heavy atom. The summed E-state index contributed by atoms with van der Waals surface area (Å²) >= 11 is 0. The Bertz CT molecular complexity index is 939. The van der Waals surface area contributed by atoms with Crippen molar-refractivity contribution in [2.75, 3.05) is 25.8 Å². The highest BCUT2D eigenvalue weighted by Gasteiger charge is 2.15. The van der Waals surface area contributed by atoms with E-state index in [0.717, 1.165) is 11.1 Å². The minimum Gasteiger partial charge on any atom is -0.465 e. The van der Waals surface area contributed by atoms with E-state index >= 15 is 0 Å². The molecule has 2 aromatic rings. The SMILES string of the molecule is COC(=O)c1ccc(C)c(NC(=O)COC(=O)CCc2ccc3c(c2)OCO3)c1. The van der Waals surface area contributed by atoms with Gasteiger partial charge in [-0.3, -0.25) is 9.59 Å². The number of benzene rings is 2. The summed E-state index contributed by atoms with van der Waals surface area (Å²) < 4.78 is 20.2. The van der Waals surface area contributed by atoms with Gasteiger partial charge in [0.05, 0.1) is 12.7 Å². The lowest BCUT2D eigenvalue weighted by Gasteiger charge is -2.10. The number of rotatable bonds is 7. The van der Waals surface area contributed by atoms with Crippen molar-refractivity contribution in [3.63, 3.8) is 0 Å². The molecule has 8 nitrogen and oxygen atoms in total. The molecule has 152 valence electrons. The van der Waals surface area contributed by atoms with E-state index in [4.69, 9.17) is 14.2 Å². The molecule has 0 saturated carbocycles. The highest BCUT2D eigenvalue weighted by Crippen LogP contribution is 2.32. The van der Waals surface area contributed by atoms with Gasteiger partial charge in [-0.25, -0.2) is 4.79 Å². The van der Waals surface area contributed by atoms with Crippen LogP contribution in [0, 0.1) is 6.92 Å². The Morgan fingerprint density at radius 2 is 1.86 bits per heavy atom. The maximum Gasteiger partial charge on any atom is 0.337 e. The van der Waals surface area contributed by atoms with Gasteiger partial charge in [0.25, 0.3) is 5.91 Å². The summed E-state index contributed by atoms with van der Waals surface area (Å²) in [5, 5.41) is 2.63. The van der Waals surface area contributed by atoms with Crippen molar-refractivity contribution in [3.8, 4) is 11.5 Å². The van der Waals surface area contributed by atoms with Crippen LogP contribution in [0.3, 0.4) is 0 Å². The van der Waals surface area contributed by atoms with Gasteiger partial charge in [0.1, 0.15) is 0 Å². The van der Waals surface area contributed by atoms with Gasteiger partial charge in [0, 0.05) is 12.1 Å². The van der Waals surface area contributed by atoms with Gasteiger partial charge >= 0.3 is 11.9 Å². The second-order valence-electron chi connectivity index (χ2n) is 6.42. The molecule has 1 aliphatic heterocycles. The molecule has 1 N–H and O–H groups in total. The van der Waals surface area contributed by atoms with E-state index in [1.807, 2.05) is 12.1 Å². The molecule has 8 heteroatoms. The van der Waals surface area contributed by atoms with Crippen LogP contribution in [0.1, 0.15) is 27.9 Å². The second kappa shape index (κ2) is 9.09. The van der Waals surface area contributed by atoms with Gasteiger partial charge in [-0.15, -0.1) is 0 Å². The van der Waals surface area contributed by atoms with Crippen LogP contribution in [0.15, 0.2) is 36.4 Å². The number of hydrogen-bond donors (Lipinski definition) is 1. The summed E-state index contributed by atoms with van der Waals surface area (Å²) in [5.41, 5.74) is 2.44. The van der Waals surface area contributed by atoms with Crippen LogP contribution in [0.2, 0.25) is 0 Å². The molecule has 0 bridgehead atoms. The molecule has 1 heterocycles. The first kappa shape index (κ1) is 20.2. The Labute approximate surface area is 167 Å². The normalized spacial score (nSPS) is 11.7. The monoisotopic (exact) mass is 399 g/mol. The highest BCUT2D eigenvalue weighted by molar-refractivity contribution is 5.96. The van der Waals surface area contributed by atoms with Crippen molar-refractivity contribution in [1.82, 2.24) is 0 Å². The van der Waals surface area contributed by atoms with Crippen LogP contribution >= 0.6 is 0 Å². The minimum atomic E-state index is -0.504. The maximum absolute atomic E-state index is 12.1. The fraction of sp³-hybridized carbons (Fsp3) is 0.286. The Hall–Kier alpha value is -3.55. The molecule has 1 amide bonds. The minimum absolute atomic E-state index is 0.129. The quantitative estimate of drug-likeness (QED) is 0.715. The number of methoxy groups -OCH3 is 1. The standard InChI is InChI=1S/C21H21NO7/c1-13-3-6-15(21(25)26-2)10-16(13)22-19(23)11-27-20(24)8-5-14-4-7-17-18(9-14)29-12-28-17/h3-4,6-7,9-10H,5,8,11-12H2,1-2H3,(H,22,23). The molecule has 0 unspecified atom stereocenters. The molecular formula is C21H21NO7. The molecule has 0 atom stereocenters. The molecule has 0 fully saturated rings. The Balaban J connectivity index is 1.46. The summed E-state index contributed by atoms with van der Waals surface area (Å²) in [7, 11) is 1.28. The van der Waals surface area contributed by atoms with Crippen molar-refractivity contribution in [2.24, 2.45) is 0 Å². The van der Waals surface area contributed by atoms with E-state index in [0.29, 0.717) is 29.2 Å². The third-order valence-corrected chi connectivity index (χ3v) is 4.35. The number of carbonyl (C=O) groups excluding carboxylic acids is 3. The lowest BCUT2D eigenvalue weighted by Crippen LogP contribution is -2.21. The first-order valence-corrected chi connectivity index (χ1v) is 8.99. The number of nitrogens with one attached hydrogen (secondary N) is 1. The van der Waals surface area contributed by atoms with E-state index in [2.05, 4.69) is 10.1 Å². The number of amides is 1. The van der Waals surface area contributed by atoms with Crippen LogP contribution in [0.4, 0.5) is 5.69 Å². The topological polar surface area (TPSA) is 100 Å². The van der Waals surface area contributed by atoms with E-state index in [-0.39, 0.29) is 13.2 Å². The number of carbonyl (C=O) groups is 3. The van der Waals surface area contributed by atoms with Crippen LogP contribution in [-0.2, 0) is 25.5 Å². The van der Waals surface area contributed by atoms with Crippen molar-refractivity contribution in [3.05, 3.63) is 53.1 Å². The molecular weight excluding hydrogens is 378 g/mol. The molecule has 3 rings (SSSR count). The van der Waals surface area contributed by atoms with Crippen LogP contribution in [0.5, 0.6) is 11.5 Å². The molecule has 0 radical (unpaired) electrons. The predicted molar refractivity (Wildman–Crippen MR) is 103 cm³/mol. The van der Waals surface area contributed by atoms with Gasteiger partial charge in [-0.05, 0) is 48.7 Å². The third-order valence-electron chi connectivity index (χ3n) is 4.35. The summed E-state index contributed by atoms with van der Waals surface area (Å²) in [4.78, 5) is 35.6. The molecule has 0 aliphatic carbocycles. The zero-order valence-electron chi connectivity index (χ0n) is 16.2. The van der Waals surface area contributed by atoms with Gasteiger partial charge in [-0.1, -0.05) is 12.1 Å². The molecule has 2 aromatic carbocycles. The summed E-state index contributed by atoms with van der Waals surface area (Å²) in [6.07, 6.45) is 0.584. The van der Waals surface area contributed by atoms with Gasteiger partial charge in [0.2, 0.25) is 6.79 Å². The molecule has 0 aromatic heterocycles. The van der Waals surface area contributed by atoms with Crippen LogP contribution < -0.4 is 14.8 Å². The smallest absolute Gasteiger partial charge is 0.337 e. The molecule has 0 saturated heterocycles. The van der Waals surface area contributed by atoms with Crippen LogP contribution in [-0.4, -0.2) is 38.4 Å². The van der Waals surface area contributed by atoms with Gasteiger partial charge in [0.15, 0.2) is 18.1 Å². The second-order valence-corrected chi connectivity index (χ2v) is 6.42. The molecule has 1 aliphatic rings. The lowest BCUT2D eigenvalue weighted by atomic mass is 10.1. The van der Waals surface area contributed by atoms with E-state index < -0.39 is 24.5 Å². The number of fused-ring (bicyclic) bond motifs is 1. The van der Waals surface area contributed by atoms with Crippen molar-refractivity contribution in [1.29, 1.82) is 0 Å². The van der Waals surface area contributed by atoms with Gasteiger partial charge in [-0.2, -0.15) is 0 Å². The fourth-order valence-electron chi connectivity index (χ4n) is 2.75. The highest BCUT2D eigenvalue weighted by atomic mass is 16.7. The van der Waals surface area contributed by atoms with E-state index in [9.17, 15) is 14.4 Å². The van der Waals surface area contributed by atoms with Crippen molar-refractivity contribution < 1.29 is 33.3 Å². The first-order chi connectivity index (χ1) is 14.0. The third kappa shape index (κ3) is 5.25. The largest absolute Gasteiger partial charge is 0.465 e. The number of hydrogen-bond acceptors (Lipinski definition) is 7.